The number of piperidine rings is 1. The molecular formula is C15H22FN3O3. The number of carbonyl (C=O) groups excluding carboxylic acids is 1. The van der Waals surface area contributed by atoms with Crippen LogP contribution in [0.15, 0.2) is 12.4 Å². The Bertz CT molecular complexity index is 502. The zero-order valence-corrected chi connectivity index (χ0v) is 13.2. The van der Waals surface area contributed by atoms with Crippen LogP contribution in [0, 0.1) is 5.82 Å². The van der Waals surface area contributed by atoms with E-state index in [1.54, 1.807) is 4.90 Å². The van der Waals surface area contributed by atoms with Crippen LogP contribution in [-0.4, -0.2) is 45.8 Å². The van der Waals surface area contributed by atoms with Gasteiger partial charge in [-0.05, 0) is 40.0 Å². The van der Waals surface area contributed by atoms with E-state index < -0.39 is 11.4 Å². The minimum atomic E-state index is -0.528. The van der Waals surface area contributed by atoms with E-state index in [1.807, 2.05) is 20.8 Å². The van der Waals surface area contributed by atoms with Gasteiger partial charge in [0.15, 0.2) is 5.82 Å². The number of hydrogen-bond donors (Lipinski definition) is 0. The molecule has 1 aliphatic rings. The van der Waals surface area contributed by atoms with Crippen LogP contribution in [0.3, 0.4) is 0 Å². The van der Waals surface area contributed by atoms with Crippen LogP contribution in [0.25, 0.3) is 0 Å². The lowest BCUT2D eigenvalue weighted by molar-refractivity contribution is 0.00305. The Hall–Kier alpha value is -1.92. The van der Waals surface area contributed by atoms with E-state index in [-0.39, 0.29) is 24.8 Å². The minimum Gasteiger partial charge on any atom is -0.461 e. The molecule has 22 heavy (non-hydrogen) atoms. The Morgan fingerprint density at radius 1 is 1.36 bits per heavy atom. The van der Waals surface area contributed by atoms with E-state index in [0.29, 0.717) is 6.54 Å². The summed E-state index contributed by atoms with van der Waals surface area (Å²) in [5, 5.41) is 0. The molecule has 0 unspecified atom stereocenters. The SMILES string of the molecule is CC(C)(C)OC(=O)N1CCCC[C@@H]1COc1ncc(F)cn1. The highest BCUT2D eigenvalue weighted by Gasteiger charge is 2.31. The van der Waals surface area contributed by atoms with Gasteiger partial charge in [-0.2, -0.15) is 0 Å². The molecule has 2 rings (SSSR count). The standard InChI is InChI=1S/C15H22FN3O3/c1-15(2,3)22-14(20)19-7-5-4-6-12(19)10-21-13-17-8-11(16)9-18-13/h8-9,12H,4-7,10H2,1-3H3/t12-/m1/s1. The van der Waals surface area contributed by atoms with E-state index in [0.717, 1.165) is 31.7 Å². The number of hydrogen-bond acceptors (Lipinski definition) is 5. The molecule has 0 spiro atoms. The van der Waals surface area contributed by atoms with Gasteiger partial charge in [0.05, 0.1) is 18.4 Å². The second kappa shape index (κ2) is 6.89. The number of likely N-dealkylation sites (tertiary alicyclic amines) is 1. The number of halogens is 1. The van der Waals surface area contributed by atoms with Gasteiger partial charge in [0.2, 0.25) is 0 Å². The Kier molecular flexibility index (Phi) is 5.15. The molecule has 2 heterocycles. The lowest BCUT2D eigenvalue weighted by Gasteiger charge is -2.36. The summed E-state index contributed by atoms with van der Waals surface area (Å²) in [5.74, 6) is -0.514. The van der Waals surface area contributed by atoms with Crippen molar-refractivity contribution in [2.24, 2.45) is 0 Å². The molecule has 1 atom stereocenters. The van der Waals surface area contributed by atoms with Crippen molar-refractivity contribution in [3.05, 3.63) is 18.2 Å². The second-order valence-electron chi connectivity index (χ2n) is 6.32. The molecule has 0 saturated carbocycles. The predicted octanol–water partition coefficient (Wildman–Crippen LogP) is 2.78. The van der Waals surface area contributed by atoms with Gasteiger partial charge in [0.25, 0.3) is 0 Å². The average Bonchev–Trinajstić information content (AvgIpc) is 2.45. The van der Waals surface area contributed by atoms with Gasteiger partial charge in [0.1, 0.15) is 12.2 Å². The number of rotatable bonds is 3. The van der Waals surface area contributed by atoms with Crippen molar-refractivity contribution in [1.82, 2.24) is 14.9 Å². The van der Waals surface area contributed by atoms with Crippen molar-refractivity contribution in [2.75, 3.05) is 13.2 Å². The normalized spacial score (nSPS) is 18.9. The van der Waals surface area contributed by atoms with Crippen molar-refractivity contribution in [3.63, 3.8) is 0 Å². The molecule has 1 aromatic rings. The van der Waals surface area contributed by atoms with Gasteiger partial charge in [-0.1, -0.05) is 0 Å². The average molecular weight is 311 g/mol. The Labute approximate surface area is 129 Å². The van der Waals surface area contributed by atoms with Crippen molar-refractivity contribution in [1.29, 1.82) is 0 Å². The van der Waals surface area contributed by atoms with E-state index in [4.69, 9.17) is 9.47 Å². The Balaban J connectivity index is 1.94. The summed E-state index contributed by atoms with van der Waals surface area (Å²) < 4.78 is 23.7. The molecule has 0 aromatic carbocycles. The van der Waals surface area contributed by atoms with Gasteiger partial charge >= 0.3 is 12.1 Å². The Morgan fingerprint density at radius 2 is 2.05 bits per heavy atom. The Morgan fingerprint density at radius 3 is 2.68 bits per heavy atom. The smallest absolute Gasteiger partial charge is 0.410 e. The number of aromatic nitrogens is 2. The van der Waals surface area contributed by atoms with Crippen LogP contribution >= 0.6 is 0 Å². The molecule has 0 N–H and O–H groups in total. The zero-order chi connectivity index (χ0) is 16.2. The van der Waals surface area contributed by atoms with Crippen molar-refractivity contribution in [3.8, 4) is 6.01 Å². The molecule has 122 valence electrons. The summed E-state index contributed by atoms with van der Waals surface area (Å²) in [6.07, 6.45) is 4.57. The summed E-state index contributed by atoms with van der Waals surface area (Å²) >= 11 is 0. The fourth-order valence-electron chi connectivity index (χ4n) is 2.28. The predicted molar refractivity (Wildman–Crippen MR) is 78.1 cm³/mol. The minimum absolute atomic E-state index is 0.0859. The first-order chi connectivity index (χ1) is 10.3. The van der Waals surface area contributed by atoms with Crippen molar-refractivity contribution in [2.45, 2.75) is 51.7 Å². The van der Waals surface area contributed by atoms with Gasteiger partial charge in [-0.3, -0.25) is 0 Å². The van der Waals surface area contributed by atoms with Gasteiger partial charge in [-0.15, -0.1) is 0 Å². The zero-order valence-electron chi connectivity index (χ0n) is 13.2. The van der Waals surface area contributed by atoms with Crippen LogP contribution < -0.4 is 4.74 Å². The third-order valence-corrected chi connectivity index (χ3v) is 3.26. The van der Waals surface area contributed by atoms with Crippen molar-refractivity contribution < 1.29 is 18.7 Å². The molecule has 0 aliphatic carbocycles. The van der Waals surface area contributed by atoms with Crippen LogP contribution in [0.4, 0.5) is 9.18 Å². The van der Waals surface area contributed by atoms with E-state index in [1.165, 1.54) is 0 Å². The lowest BCUT2D eigenvalue weighted by Crippen LogP contribution is -2.48. The number of amides is 1. The van der Waals surface area contributed by atoms with Gasteiger partial charge < -0.3 is 14.4 Å². The van der Waals surface area contributed by atoms with Crippen LogP contribution in [0.1, 0.15) is 40.0 Å². The second-order valence-corrected chi connectivity index (χ2v) is 6.32. The third kappa shape index (κ3) is 4.82. The quantitative estimate of drug-likeness (QED) is 0.859. The number of ether oxygens (including phenoxy) is 2. The van der Waals surface area contributed by atoms with Crippen LogP contribution in [-0.2, 0) is 4.74 Å². The molecule has 0 radical (unpaired) electrons. The molecule has 1 fully saturated rings. The maximum atomic E-state index is 12.8. The molecule has 1 saturated heterocycles. The third-order valence-electron chi connectivity index (χ3n) is 3.26. The maximum Gasteiger partial charge on any atom is 0.410 e. The largest absolute Gasteiger partial charge is 0.461 e. The fraction of sp³-hybridized carbons (Fsp3) is 0.667. The summed E-state index contributed by atoms with van der Waals surface area (Å²) in [5.41, 5.74) is -0.528. The van der Waals surface area contributed by atoms with Gasteiger partial charge in [-0.25, -0.2) is 19.2 Å². The maximum absolute atomic E-state index is 12.8. The monoisotopic (exact) mass is 311 g/mol. The fourth-order valence-corrected chi connectivity index (χ4v) is 2.28. The first-order valence-corrected chi connectivity index (χ1v) is 7.45. The first kappa shape index (κ1) is 16.5. The first-order valence-electron chi connectivity index (χ1n) is 7.45. The molecular weight excluding hydrogens is 289 g/mol. The summed E-state index contributed by atoms with van der Waals surface area (Å²) in [7, 11) is 0. The molecule has 1 aromatic heterocycles. The van der Waals surface area contributed by atoms with Crippen LogP contribution in [0.2, 0.25) is 0 Å². The van der Waals surface area contributed by atoms with E-state index in [2.05, 4.69) is 9.97 Å². The van der Waals surface area contributed by atoms with Crippen LogP contribution in [0.5, 0.6) is 6.01 Å². The van der Waals surface area contributed by atoms with E-state index >= 15 is 0 Å². The molecule has 0 bridgehead atoms. The summed E-state index contributed by atoms with van der Waals surface area (Å²) in [6.45, 7) is 6.43. The highest BCUT2D eigenvalue weighted by Crippen LogP contribution is 2.21. The molecule has 7 heteroatoms. The highest BCUT2D eigenvalue weighted by atomic mass is 19.1. The topological polar surface area (TPSA) is 64.5 Å². The summed E-state index contributed by atoms with van der Waals surface area (Å²) in [6, 6.07) is 0.0216. The van der Waals surface area contributed by atoms with Gasteiger partial charge in [0, 0.05) is 6.54 Å². The lowest BCUT2D eigenvalue weighted by atomic mass is 10.0. The molecule has 1 aliphatic heterocycles. The molecule has 1 amide bonds. The highest BCUT2D eigenvalue weighted by molar-refractivity contribution is 5.68. The molecule has 6 nitrogen and oxygen atoms in total. The van der Waals surface area contributed by atoms with Crippen molar-refractivity contribution >= 4 is 6.09 Å². The number of carbonyl (C=O) groups is 1. The number of nitrogens with zero attached hydrogens (tertiary/aromatic N) is 3. The van der Waals surface area contributed by atoms with E-state index in [9.17, 15) is 9.18 Å². The summed E-state index contributed by atoms with van der Waals surface area (Å²) in [4.78, 5) is 21.4.